The summed E-state index contributed by atoms with van der Waals surface area (Å²) >= 11 is 0. The van der Waals surface area contributed by atoms with Gasteiger partial charge in [-0.15, -0.1) is 5.10 Å². The lowest BCUT2D eigenvalue weighted by Gasteiger charge is -2.28. The number of carboxylic acids is 1. The molecule has 1 aromatic rings. The van der Waals surface area contributed by atoms with Crippen LogP contribution >= 0.6 is 0 Å². The van der Waals surface area contributed by atoms with Crippen LogP contribution in [0.25, 0.3) is 0 Å². The number of amides is 1. The van der Waals surface area contributed by atoms with Crippen LogP contribution in [0.2, 0.25) is 0 Å². The van der Waals surface area contributed by atoms with Crippen molar-refractivity contribution in [2.75, 3.05) is 0 Å². The molecule has 2 rings (SSSR count). The number of carbonyl (C=O) groups excluding carboxylic acids is 1. The summed E-state index contributed by atoms with van der Waals surface area (Å²) < 4.78 is 0. The first-order valence-electron chi connectivity index (χ1n) is 6.48. The van der Waals surface area contributed by atoms with Crippen LogP contribution < -0.4 is 5.32 Å². The van der Waals surface area contributed by atoms with Crippen LogP contribution in [-0.4, -0.2) is 37.7 Å². The minimum absolute atomic E-state index is 0.0117. The van der Waals surface area contributed by atoms with Gasteiger partial charge in [0.1, 0.15) is 11.4 Å². The second kappa shape index (κ2) is 5.38. The zero-order valence-electron chi connectivity index (χ0n) is 10.9. The van der Waals surface area contributed by atoms with Gasteiger partial charge in [0, 0.05) is 0 Å². The van der Waals surface area contributed by atoms with E-state index in [0.29, 0.717) is 18.7 Å². The molecule has 0 radical (unpaired) electrons. The van der Waals surface area contributed by atoms with E-state index in [0.717, 1.165) is 25.7 Å². The molecule has 1 aromatic heterocycles. The summed E-state index contributed by atoms with van der Waals surface area (Å²) in [6, 6.07) is 0. The Morgan fingerprint density at radius 2 is 1.89 bits per heavy atom. The highest BCUT2D eigenvalue weighted by molar-refractivity contribution is 5.95. The molecule has 1 fully saturated rings. The average Bonchev–Trinajstić information content (AvgIpc) is 2.65. The number of H-pyrrole nitrogens is 1. The largest absolute Gasteiger partial charge is 0.480 e. The van der Waals surface area contributed by atoms with Gasteiger partial charge in [0.2, 0.25) is 5.82 Å². The van der Waals surface area contributed by atoms with Gasteiger partial charge in [-0.3, -0.25) is 9.89 Å². The van der Waals surface area contributed by atoms with E-state index >= 15 is 0 Å². The molecule has 1 amide bonds. The number of aliphatic carboxylic acids is 1. The van der Waals surface area contributed by atoms with Gasteiger partial charge in [0.05, 0.1) is 0 Å². The zero-order chi connectivity index (χ0) is 13.9. The predicted molar refractivity (Wildman–Crippen MR) is 66.7 cm³/mol. The number of hydrogen-bond donors (Lipinski definition) is 3. The Bertz CT molecular complexity index is 475. The topological polar surface area (TPSA) is 108 Å². The highest BCUT2D eigenvalue weighted by Crippen LogP contribution is 2.27. The van der Waals surface area contributed by atoms with Crippen LogP contribution in [-0.2, 0) is 4.79 Å². The van der Waals surface area contributed by atoms with Crippen molar-refractivity contribution >= 4 is 11.9 Å². The zero-order valence-corrected chi connectivity index (χ0v) is 10.9. The number of nitrogens with one attached hydrogen (secondary N) is 2. The van der Waals surface area contributed by atoms with E-state index in [4.69, 9.17) is 0 Å². The number of nitrogens with zero attached hydrogens (tertiary/aromatic N) is 2. The molecule has 1 saturated carbocycles. The Hall–Kier alpha value is -1.92. The normalized spacial score (nSPS) is 18.6. The van der Waals surface area contributed by atoms with E-state index in [-0.39, 0.29) is 5.82 Å². The Morgan fingerprint density at radius 1 is 1.26 bits per heavy atom. The standard InChI is InChI=1S/C12H18N4O3/c1-8-13-9(16-15-8)10(17)14-12(11(18)19)6-4-2-3-5-7-12/h2-7H2,1H3,(H,14,17)(H,18,19)(H,13,15,16). The summed E-state index contributed by atoms with van der Waals surface area (Å²) in [5.41, 5.74) is -1.18. The number of aromatic amines is 1. The molecular formula is C12H18N4O3. The van der Waals surface area contributed by atoms with Crippen LogP contribution in [0.3, 0.4) is 0 Å². The molecule has 3 N–H and O–H groups in total. The summed E-state index contributed by atoms with van der Waals surface area (Å²) in [5, 5.41) is 18.4. The summed E-state index contributed by atoms with van der Waals surface area (Å²) in [7, 11) is 0. The van der Waals surface area contributed by atoms with Crippen molar-refractivity contribution in [1.82, 2.24) is 20.5 Å². The number of hydrogen-bond acceptors (Lipinski definition) is 4. The third-order valence-electron chi connectivity index (χ3n) is 3.52. The van der Waals surface area contributed by atoms with Gasteiger partial charge >= 0.3 is 5.97 Å². The van der Waals surface area contributed by atoms with Crippen molar-refractivity contribution < 1.29 is 14.7 Å². The van der Waals surface area contributed by atoms with Crippen molar-refractivity contribution in [2.45, 2.75) is 51.0 Å². The molecule has 1 aliphatic carbocycles. The van der Waals surface area contributed by atoms with Gasteiger partial charge in [0.25, 0.3) is 5.91 Å². The first-order valence-corrected chi connectivity index (χ1v) is 6.48. The van der Waals surface area contributed by atoms with E-state index < -0.39 is 17.4 Å². The minimum atomic E-state index is -1.18. The molecule has 1 aliphatic rings. The molecule has 0 spiro atoms. The molecule has 1 heterocycles. The second-order valence-corrected chi connectivity index (χ2v) is 5.00. The van der Waals surface area contributed by atoms with Crippen LogP contribution in [0.5, 0.6) is 0 Å². The molecule has 0 saturated heterocycles. The Balaban J connectivity index is 2.16. The van der Waals surface area contributed by atoms with Crippen LogP contribution in [0.15, 0.2) is 0 Å². The van der Waals surface area contributed by atoms with Gasteiger partial charge in [0.15, 0.2) is 0 Å². The SMILES string of the molecule is Cc1nc(C(=O)NC2(C(=O)O)CCCCCC2)n[nH]1. The number of rotatable bonds is 3. The molecule has 0 bridgehead atoms. The number of aromatic nitrogens is 3. The number of carbonyl (C=O) groups is 2. The smallest absolute Gasteiger partial charge is 0.329 e. The van der Waals surface area contributed by atoms with E-state index in [1.807, 2.05) is 0 Å². The molecule has 7 heteroatoms. The third kappa shape index (κ3) is 2.91. The summed E-state index contributed by atoms with van der Waals surface area (Å²) in [6.45, 7) is 1.68. The molecule has 0 atom stereocenters. The van der Waals surface area contributed by atoms with E-state index in [1.165, 1.54) is 0 Å². The van der Waals surface area contributed by atoms with E-state index in [1.54, 1.807) is 6.92 Å². The fraction of sp³-hybridized carbons (Fsp3) is 0.667. The number of aryl methyl sites for hydroxylation is 1. The van der Waals surface area contributed by atoms with Crippen molar-refractivity contribution in [3.8, 4) is 0 Å². The second-order valence-electron chi connectivity index (χ2n) is 5.00. The van der Waals surface area contributed by atoms with Crippen LogP contribution in [0.4, 0.5) is 0 Å². The average molecular weight is 266 g/mol. The third-order valence-corrected chi connectivity index (χ3v) is 3.52. The molecule has 19 heavy (non-hydrogen) atoms. The molecule has 0 unspecified atom stereocenters. The lowest BCUT2D eigenvalue weighted by atomic mass is 9.90. The van der Waals surface area contributed by atoms with Crippen molar-refractivity contribution in [1.29, 1.82) is 0 Å². The molecular weight excluding hydrogens is 248 g/mol. The van der Waals surface area contributed by atoms with E-state index in [9.17, 15) is 14.7 Å². The Morgan fingerprint density at radius 3 is 2.37 bits per heavy atom. The molecule has 0 aromatic carbocycles. The highest BCUT2D eigenvalue weighted by atomic mass is 16.4. The Labute approximate surface area is 110 Å². The van der Waals surface area contributed by atoms with Gasteiger partial charge in [-0.2, -0.15) is 0 Å². The number of carboxylic acid groups (broad SMARTS) is 1. The lowest BCUT2D eigenvalue weighted by molar-refractivity contribution is -0.145. The van der Waals surface area contributed by atoms with Gasteiger partial charge < -0.3 is 10.4 Å². The minimum Gasteiger partial charge on any atom is -0.480 e. The molecule has 104 valence electrons. The first kappa shape index (κ1) is 13.5. The summed E-state index contributed by atoms with van der Waals surface area (Å²) in [5.74, 6) is -0.999. The maximum Gasteiger partial charge on any atom is 0.329 e. The first-order chi connectivity index (χ1) is 9.03. The van der Waals surface area contributed by atoms with Gasteiger partial charge in [-0.05, 0) is 19.8 Å². The maximum atomic E-state index is 12.0. The molecule has 0 aliphatic heterocycles. The lowest BCUT2D eigenvalue weighted by Crippen LogP contribution is -2.54. The van der Waals surface area contributed by atoms with Crippen molar-refractivity contribution in [3.63, 3.8) is 0 Å². The monoisotopic (exact) mass is 266 g/mol. The fourth-order valence-corrected chi connectivity index (χ4v) is 2.44. The molecule has 7 nitrogen and oxygen atoms in total. The van der Waals surface area contributed by atoms with E-state index in [2.05, 4.69) is 20.5 Å². The van der Waals surface area contributed by atoms with Gasteiger partial charge in [-0.25, -0.2) is 9.78 Å². The van der Waals surface area contributed by atoms with Crippen molar-refractivity contribution in [3.05, 3.63) is 11.6 Å². The summed E-state index contributed by atoms with van der Waals surface area (Å²) in [6.07, 6.45) is 4.53. The summed E-state index contributed by atoms with van der Waals surface area (Å²) in [4.78, 5) is 27.5. The highest BCUT2D eigenvalue weighted by Gasteiger charge is 2.40. The quantitative estimate of drug-likeness (QED) is 0.708. The maximum absolute atomic E-state index is 12.0. The van der Waals surface area contributed by atoms with Crippen molar-refractivity contribution in [2.24, 2.45) is 0 Å². The van der Waals surface area contributed by atoms with Crippen LogP contribution in [0.1, 0.15) is 55.0 Å². The van der Waals surface area contributed by atoms with Gasteiger partial charge in [-0.1, -0.05) is 25.7 Å². The van der Waals surface area contributed by atoms with Crippen LogP contribution in [0, 0.1) is 6.92 Å². The predicted octanol–water partition coefficient (Wildman–Crippen LogP) is 1.02. The fourth-order valence-electron chi connectivity index (χ4n) is 2.44. The Kier molecular flexibility index (Phi) is 3.82.